The Hall–Kier alpha value is -2.64. The second kappa shape index (κ2) is 9.69. The standard InChI is InChI=1S/C25H27ClN4O2S/c1-5-14(3)21-24(32)30-22(29-21)17-9-7-8-10-19(17)28-25(30)33-20(6-2)23(31)27-16-12-11-15(4)18(26)13-16/h7-14,20-21H,5-6H2,1-4H3,(H,27,31). The van der Waals surface area contributed by atoms with Crippen molar-refractivity contribution in [2.24, 2.45) is 15.9 Å². The average Bonchev–Trinajstić information content (AvgIpc) is 3.17. The molecule has 3 atom stereocenters. The predicted molar refractivity (Wildman–Crippen MR) is 137 cm³/mol. The Morgan fingerprint density at radius 1 is 1.21 bits per heavy atom. The van der Waals surface area contributed by atoms with Crippen molar-refractivity contribution in [1.82, 2.24) is 4.90 Å². The van der Waals surface area contributed by atoms with E-state index in [2.05, 4.69) is 12.2 Å². The van der Waals surface area contributed by atoms with Gasteiger partial charge in [-0.15, -0.1) is 0 Å². The first-order valence-corrected chi connectivity index (χ1v) is 12.4. The summed E-state index contributed by atoms with van der Waals surface area (Å²) < 4.78 is 0. The zero-order valence-corrected chi connectivity index (χ0v) is 20.7. The molecule has 4 rings (SSSR count). The summed E-state index contributed by atoms with van der Waals surface area (Å²) in [4.78, 5) is 37.6. The normalized spacial score (nSPS) is 18.8. The second-order valence-electron chi connectivity index (χ2n) is 8.34. The Morgan fingerprint density at radius 2 is 1.97 bits per heavy atom. The van der Waals surface area contributed by atoms with Gasteiger partial charge in [-0.3, -0.25) is 14.6 Å². The third kappa shape index (κ3) is 4.57. The third-order valence-electron chi connectivity index (χ3n) is 6.03. The molecular weight excluding hydrogens is 456 g/mol. The van der Waals surface area contributed by atoms with Gasteiger partial charge in [-0.05, 0) is 49.1 Å². The molecule has 2 amide bonds. The average molecular weight is 483 g/mol. The van der Waals surface area contributed by atoms with Crippen LogP contribution in [0.5, 0.6) is 0 Å². The van der Waals surface area contributed by atoms with Gasteiger partial charge in [0.1, 0.15) is 11.9 Å². The fraction of sp³-hybridized carbons (Fsp3) is 0.360. The van der Waals surface area contributed by atoms with E-state index in [1.54, 1.807) is 11.0 Å². The highest BCUT2D eigenvalue weighted by Crippen LogP contribution is 2.37. The summed E-state index contributed by atoms with van der Waals surface area (Å²) in [6.45, 7) is 7.95. The quantitative estimate of drug-likeness (QED) is 0.565. The maximum absolute atomic E-state index is 13.4. The summed E-state index contributed by atoms with van der Waals surface area (Å²) in [5.41, 5.74) is 3.18. The molecule has 0 radical (unpaired) electrons. The number of thioether (sulfide) groups is 1. The first-order chi connectivity index (χ1) is 15.8. The van der Waals surface area contributed by atoms with Crippen molar-refractivity contribution in [3.05, 3.63) is 58.6 Å². The summed E-state index contributed by atoms with van der Waals surface area (Å²) in [6.07, 6.45) is 1.42. The lowest BCUT2D eigenvalue weighted by molar-refractivity contribution is -0.125. The Morgan fingerprint density at radius 3 is 2.67 bits per heavy atom. The number of aliphatic imine (C=N–C) groups is 2. The lowest BCUT2D eigenvalue weighted by Gasteiger charge is -2.27. The molecule has 0 aliphatic carbocycles. The van der Waals surface area contributed by atoms with E-state index in [-0.39, 0.29) is 17.7 Å². The monoisotopic (exact) mass is 482 g/mol. The minimum absolute atomic E-state index is 0.0827. The van der Waals surface area contributed by atoms with Gasteiger partial charge in [0.25, 0.3) is 5.91 Å². The summed E-state index contributed by atoms with van der Waals surface area (Å²) in [6, 6.07) is 12.7. The van der Waals surface area contributed by atoms with Crippen LogP contribution in [-0.2, 0) is 9.59 Å². The minimum Gasteiger partial charge on any atom is -0.325 e. The number of aryl methyl sites for hydroxylation is 1. The number of anilines is 1. The van der Waals surface area contributed by atoms with Crippen LogP contribution in [0, 0.1) is 12.8 Å². The van der Waals surface area contributed by atoms with Crippen molar-refractivity contribution >= 4 is 57.6 Å². The summed E-state index contributed by atoms with van der Waals surface area (Å²) >= 11 is 7.50. The SMILES string of the molecule is CCC(SC1=Nc2ccccc2C2=NC(C(C)CC)C(=O)N12)C(=O)Nc1ccc(C)c(Cl)c1. The molecule has 2 aromatic carbocycles. The van der Waals surface area contributed by atoms with Crippen LogP contribution >= 0.6 is 23.4 Å². The van der Waals surface area contributed by atoms with Gasteiger partial charge in [0, 0.05) is 16.3 Å². The molecule has 0 spiro atoms. The zero-order valence-electron chi connectivity index (χ0n) is 19.1. The number of amides is 2. The van der Waals surface area contributed by atoms with Crippen molar-refractivity contribution in [3.8, 4) is 0 Å². The van der Waals surface area contributed by atoms with E-state index >= 15 is 0 Å². The minimum atomic E-state index is -0.439. The van der Waals surface area contributed by atoms with Crippen LogP contribution < -0.4 is 5.32 Å². The van der Waals surface area contributed by atoms with Crippen molar-refractivity contribution in [2.75, 3.05) is 5.32 Å². The Bertz CT molecular complexity index is 1160. The van der Waals surface area contributed by atoms with Gasteiger partial charge in [0.15, 0.2) is 5.17 Å². The van der Waals surface area contributed by atoms with Crippen LogP contribution in [-0.4, -0.2) is 39.0 Å². The third-order valence-corrected chi connectivity index (χ3v) is 7.76. The van der Waals surface area contributed by atoms with Gasteiger partial charge in [0.05, 0.1) is 10.9 Å². The highest BCUT2D eigenvalue weighted by molar-refractivity contribution is 8.15. The van der Waals surface area contributed by atoms with E-state index in [4.69, 9.17) is 21.6 Å². The first kappa shape index (κ1) is 23.5. The number of rotatable bonds is 6. The number of carbonyl (C=O) groups is 2. The Kier molecular flexibility index (Phi) is 6.91. The number of fused-ring (bicyclic) bond motifs is 3. The lowest BCUT2D eigenvalue weighted by Crippen LogP contribution is -2.43. The molecule has 0 fully saturated rings. The largest absolute Gasteiger partial charge is 0.325 e. The number of nitrogens with one attached hydrogen (secondary N) is 1. The van der Waals surface area contributed by atoms with Crippen LogP contribution in [0.15, 0.2) is 52.4 Å². The number of hydrogen-bond acceptors (Lipinski definition) is 5. The Balaban J connectivity index is 1.62. The van der Waals surface area contributed by atoms with Crippen LogP contribution in [0.1, 0.15) is 44.7 Å². The molecule has 3 unspecified atom stereocenters. The molecule has 33 heavy (non-hydrogen) atoms. The smallest absolute Gasteiger partial charge is 0.259 e. The molecule has 2 aliphatic heterocycles. The maximum Gasteiger partial charge on any atom is 0.259 e. The first-order valence-electron chi connectivity index (χ1n) is 11.2. The van der Waals surface area contributed by atoms with Crippen molar-refractivity contribution < 1.29 is 9.59 Å². The fourth-order valence-electron chi connectivity index (χ4n) is 3.79. The van der Waals surface area contributed by atoms with Gasteiger partial charge >= 0.3 is 0 Å². The second-order valence-corrected chi connectivity index (χ2v) is 9.91. The lowest BCUT2D eigenvalue weighted by atomic mass is 10.00. The number of para-hydroxylation sites is 1. The van der Waals surface area contributed by atoms with Gasteiger partial charge < -0.3 is 5.32 Å². The van der Waals surface area contributed by atoms with Gasteiger partial charge in [-0.1, -0.05) is 68.8 Å². The summed E-state index contributed by atoms with van der Waals surface area (Å²) in [7, 11) is 0. The van der Waals surface area contributed by atoms with Crippen molar-refractivity contribution in [2.45, 2.75) is 51.8 Å². The fourth-order valence-corrected chi connectivity index (χ4v) is 4.99. The van der Waals surface area contributed by atoms with Crippen LogP contribution in [0.2, 0.25) is 5.02 Å². The van der Waals surface area contributed by atoms with Crippen LogP contribution in [0.4, 0.5) is 11.4 Å². The molecule has 1 N–H and O–H groups in total. The number of nitrogens with zero attached hydrogens (tertiary/aromatic N) is 3. The summed E-state index contributed by atoms with van der Waals surface area (Å²) in [5.74, 6) is 0.498. The predicted octanol–water partition coefficient (Wildman–Crippen LogP) is 5.80. The summed E-state index contributed by atoms with van der Waals surface area (Å²) in [5, 5.41) is 3.60. The van der Waals surface area contributed by atoms with E-state index in [1.807, 2.05) is 57.2 Å². The molecule has 2 aliphatic rings. The topological polar surface area (TPSA) is 74.1 Å². The number of hydrogen-bond donors (Lipinski definition) is 1. The molecule has 2 aromatic rings. The van der Waals surface area contributed by atoms with Gasteiger partial charge in [-0.2, -0.15) is 0 Å². The van der Waals surface area contributed by atoms with Gasteiger partial charge in [0.2, 0.25) is 5.91 Å². The number of amidine groups is 2. The van der Waals surface area contributed by atoms with Crippen molar-refractivity contribution in [1.29, 1.82) is 0 Å². The molecule has 0 saturated carbocycles. The molecule has 0 bridgehead atoms. The highest BCUT2D eigenvalue weighted by Gasteiger charge is 2.43. The van der Waals surface area contributed by atoms with E-state index in [1.165, 1.54) is 11.8 Å². The van der Waals surface area contributed by atoms with Crippen molar-refractivity contribution in [3.63, 3.8) is 0 Å². The highest BCUT2D eigenvalue weighted by atomic mass is 35.5. The van der Waals surface area contributed by atoms with Crippen LogP contribution in [0.25, 0.3) is 0 Å². The number of benzene rings is 2. The van der Waals surface area contributed by atoms with Gasteiger partial charge in [-0.25, -0.2) is 9.89 Å². The number of halogens is 1. The van der Waals surface area contributed by atoms with E-state index in [9.17, 15) is 9.59 Å². The molecule has 172 valence electrons. The Labute approximate surface area is 203 Å². The molecule has 6 nitrogen and oxygen atoms in total. The van der Waals surface area contributed by atoms with E-state index in [0.717, 1.165) is 23.2 Å². The van der Waals surface area contributed by atoms with Crippen LogP contribution in [0.3, 0.4) is 0 Å². The van der Waals surface area contributed by atoms with E-state index < -0.39 is 11.3 Å². The molecule has 0 saturated heterocycles. The van der Waals surface area contributed by atoms with E-state index in [0.29, 0.717) is 28.1 Å². The molecule has 8 heteroatoms. The maximum atomic E-state index is 13.4. The number of carbonyl (C=O) groups excluding carboxylic acids is 2. The molecular formula is C25H27ClN4O2S. The molecule has 0 aromatic heterocycles. The molecule has 2 heterocycles. The zero-order chi connectivity index (χ0) is 23.7.